The average Bonchev–Trinajstić information content (AvgIpc) is 2.56. The van der Waals surface area contributed by atoms with Crippen molar-refractivity contribution in [1.29, 1.82) is 0 Å². The van der Waals surface area contributed by atoms with Gasteiger partial charge in [0.25, 0.3) is 0 Å². The van der Waals surface area contributed by atoms with Crippen LogP contribution in [0.2, 0.25) is 20.1 Å². The molecule has 2 aromatic rings. The Balaban J connectivity index is 2.26. The summed E-state index contributed by atoms with van der Waals surface area (Å²) in [6.45, 7) is 1.97. The maximum atomic E-state index is 6.66. The molecule has 1 saturated carbocycles. The third kappa shape index (κ3) is 3.00. The van der Waals surface area contributed by atoms with Gasteiger partial charge in [0.05, 0.1) is 20.1 Å². The summed E-state index contributed by atoms with van der Waals surface area (Å²) in [4.78, 5) is 0. The van der Waals surface area contributed by atoms with Gasteiger partial charge in [-0.3, -0.25) is 0 Å². The average molecular weight is 388 g/mol. The lowest BCUT2D eigenvalue weighted by Gasteiger charge is -2.40. The normalized spacial score (nSPS) is 17.3. The summed E-state index contributed by atoms with van der Waals surface area (Å²) in [5.74, 6) is 0. The minimum atomic E-state index is -0.214. The number of aryl methyl sites for hydroxylation is 1. The van der Waals surface area contributed by atoms with E-state index in [4.69, 9.17) is 46.4 Å². The molecule has 0 N–H and O–H groups in total. The molecule has 0 aromatic heterocycles. The third-order valence-corrected chi connectivity index (χ3v) is 6.76. The second-order valence-corrected chi connectivity index (χ2v) is 7.84. The number of halogens is 4. The van der Waals surface area contributed by atoms with Crippen LogP contribution >= 0.6 is 46.4 Å². The number of hydrogen-bond donors (Lipinski definition) is 0. The van der Waals surface area contributed by atoms with Crippen molar-refractivity contribution >= 4 is 46.4 Å². The molecular formula is C19H18Cl4. The zero-order chi connectivity index (χ0) is 16.6. The van der Waals surface area contributed by atoms with Gasteiger partial charge in [-0.2, -0.15) is 0 Å². The van der Waals surface area contributed by atoms with Gasteiger partial charge >= 0.3 is 0 Å². The lowest BCUT2D eigenvalue weighted by Crippen LogP contribution is -2.31. The number of rotatable bonds is 2. The summed E-state index contributed by atoms with van der Waals surface area (Å²) in [6.07, 6.45) is 5.53. The molecule has 3 rings (SSSR count). The Morgan fingerprint density at radius 3 is 2.09 bits per heavy atom. The first-order valence-corrected chi connectivity index (χ1v) is 9.38. The van der Waals surface area contributed by atoms with Crippen molar-refractivity contribution < 1.29 is 0 Å². The molecule has 4 heteroatoms. The van der Waals surface area contributed by atoms with Crippen molar-refractivity contribution in [2.45, 2.75) is 44.4 Å². The molecule has 0 radical (unpaired) electrons. The fourth-order valence-electron chi connectivity index (χ4n) is 3.73. The van der Waals surface area contributed by atoms with E-state index in [2.05, 4.69) is 12.1 Å². The standard InChI is InChI=1S/C19H18Cl4/c1-12-8-9-14(18(23)16(12)21)19(10-3-2-4-11-19)13-6-5-7-15(20)17(13)22/h5-9H,2-4,10-11H2,1H3. The monoisotopic (exact) mass is 386 g/mol. The van der Waals surface area contributed by atoms with Gasteiger partial charge in [-0.1, -0.05) is 89.9 Å². The summed E-state index contributed by atoms with van der Waals surface area (Å²) >= 11 is 26.0. The number of benzene rings is 2. The molecule has 0 atom stereocenters. The lowest BCUT2D eigenvalue weighted by atomic mass is 9.65. The van der Waals surface area contributed by atoms with Crippen LogP contribution in [0.5, 0.6) is 0 Å². The summed E-state index contributed by atoms with van der Waals surface area (Å²) in [7, 11) is 0. The zero-order valence-electron chi connectivity index (χ0n) is 12.9. The van der Waals surface area contributed by atoms with Crippen LogP contribution in [0.25, 0.3) is 0 Å². The van der Waals surface area contributed by atoms with Crippen LogP contribution in [0.15, 0.2) is 30.3 Å². The van der Waals surface area contributed by atoms with E-state index in [9.17, 15) is 0 Å². The van der Waals surface area contributed by atoms with Crippen LogP contribution in [-0.2, 0) is 5.41 Å². The first-order valence-electron chi connectivity index (χ1n) is 7.87. The Bertz CT molecular complexity index is 730. The molecule has 0 nitrogen and oxygen atoms in total. The SMILES string of the molecule is Cc1ccc(C2(c3cccc(Cl)c3Cl)CCCCC2)c(Cl)c1Cl. The van der Waals surface area contributed by atoms with Gasteiger partial charge < -0.3 is 0 Å². The smallest absolute Gasteiger partial charge is 0.0636 e. The molecule has 0 spiro atoms. The van der Waals surface area contributed by atoms with Gasteiger partial charge in [0.15, 0.2) is 0 Å². The summed E-state index contributed by atoms with van der Waals surface area (Å²) in [5, 5.41) is 2.49. The zero-order valence-corrected chi connectivity index (χ0v) is 16.0. The second kappa shape index (κ2) is 6.84. The van der Waals surface area contributed by atoms with Crippen LogP contribution in [-0.4, -0.2) is 0 Å². The van der Waals surface area contributed by atoms with Gasteiger partial charge in [0.1, 0.15) is 0 Å². The molecule has 0 unspecified atom stereocenters. The van der Waals surface area contributed by atoms with Crippen molar-refractivity contribution in [2.24, 2.45) is 0 Å². The molecule has 122 valence electrons. The Morgan fingerprint density at radius 1 is 0.739 bits per heavy atom. The molecule has 2 aromatic carbocycles. The van der Waals surface area contributed by atoms with E-state index in [0.717, 1.165) is 42.4 Å². The molecule has 23 heavy (non-hydrogen) atoms. The molecule has 1 fully saturated rings. The fourth-order valence-corrected chi connectivity index (χ4v) is 4.77. The van der Waals surface area contributed by atoms with Crippen molar-refractivity contribution in [3.63, 3.8) is 0 Å². The molecule has 0 saturated heterocycles. The fraction of sp³-hybridized carbons (Fsp3) is 0.368. The van der Waals surface area contributed by atoms with E-state index >= 15 is 0 Å². The second-order valence-electron chi connectivity index (χ2n) is 6.30. The van der Waals surface area contributed by atoms with Crippen LogP contribution in [0.1, 0.15) is 48.8 Å². The third-order valence-electron chi connectivity index (χ3n) is 4.97. The van der Waals surface area contributed by atoms with Crippen molar-refractivity contribution in [1.82, 2.24) is 0 Å². The van der Waals surface area contributed by atoms with Gasteiger partial charge in [-0.25, -0.2) is 0 Å². The molecule has 0 bridgehead atoms. The van der Waals surface area contributed by atoms with Crippen molar-refractivity contribution in [3.05, 3.63) is 67.1 Å². The van der Waals surface area contributed by atoms with Crippen LogP contribution < -0.4 is 0 Å². The topological polar surface area (TPSA) is 0 Å². The first-order chi connectivity index (χ1) is 11.0. The molecule has 1 aliphatic rings. The van der Waals surface area contributed by atoms with Crippen LogP contribution in [0, 0.1) is 6.92 Å². The van der Waals surface area contributed by atoms with Gasteiger partial charge in [-0.15, -0.1) is 0 Å². The lowest BCUT2D eigenvalue weighted by molar-refractivity contribution is 0.346. The van der Waals surface area contributed by atoms with Gasteiger partial charge in [0.2, 0.25) is 0 Å². The summed E-state index contributed by atoms with van der Waals surface area (Å²) in [6, 6.07) is 10.0. The quantitative estimate of drug-likeness (QED) is 0.491. The van der Waals surface area contributed by atoms with Gasteiger partial charge in [-0.05, 0) is 42.5 Å². The van der Waals surface area contributed by atoms with E-state index in [1.165, 1.54) is 6.42 Å². The molecule has 0 amide bonds. The molecule has 0 heterocycles. The van der Waals surface area contributed by atoms with Crippen molar-refractivity contribution in [2.75, 3.05) is 0 Å². The minimum absolute atomic E-state index is 0.214. The maximum Gasteiger partial charge on any atom is 0.0636 e. The van der Waals surface area contributed by atoms with E-state index in [1.807, 2.05) is 25.1 Å². The van der Waals surface area contributed by atoms with Crippen LogP contribution in [0.4, 0.5) is 0 Å². The van der Waals surface area contributed by atoms with Crippen molar-refractivity contribution in [3.8, 4) is 0 Å². The Kier molecular flexibility index (Phi) is 5.18. The maximum absolute atomic E-state index is 6.66. The highest BCUT2D eigenvalue weighted by Gasteiger charge is 2.39. The largest absolute Gasteiger partial charge is 0.0827 e. The minimum Gasteiger partial charge on any atom is -0.0827 e. The highest BCUT2D eigenvalue weighted by Crippen LogP contribution is 2.51. The Hall–Kier alpha value is -0.400. The van der Waals surface area contributed by atoms with E-state index in [1.54, 1.807) is 0 Å². The summed E-state index contributed by atoms with van der Waals surface area (Å²) < 4.78 is 0. The first kappa shape index (κ1) is 17.4. The van der Waals surface area contributed by atoms with Gasteiger partial charge in [0, 0.05) is 5.41 Å². The van der Waals surface area contributed by atoms with E-state index in [0.29, 0.717) is 20.1 Å². The molecule has 1 aliphatic carbocycles. The highest BCUT2D eigenvalue weighted by molar-refractivity contribution is 6.43. The predicted octanol–water partition coefficient (Wildman–Crippen LogP) is 7.86. The number of hydrogen-bond acceptors (Lipinski definition) is 0. The molecule has 0 aliphatic heterocycles. The summed E-state index contributed by atoms with van der Waals surface area (Å²) in [5.41, 5.74) is 2.91. The van der Waals surface area contributed by atoms with E-state index < -0.39 is 0 Å². The Morgan fingerprint density at radius 2 is 1.39 bits per heavy atom. The predicted molar refractivity (Wildman–Crippen MR) is 102 cm³/mol. The van der Waals surface area contributed by atoms with E-state index in [-0.39, 0.29) is 5.41 Å². The highest BCUT2D eigenvalue weighted by atomic mass is 35.5. The molecular weight excluding hydrogens is 370 g/mol. The van der Waals surface area contributed by atoms with Crippen LogP contribution in [0.3, 0.4) is 0 Å². The Labute approximate surface area is 157 Å².